The van der Waals surface area contributed by atoms with E-state index in [1.54, 1.807) is 18.7 Å². The molecule has 0 aliphatic carbocycles. The van der Waals surface area contributed by atoms with Gasteiger partial charge in [-0.3, -0.25) is 19.7 Å². The summed E-state index contributed by atoms with van der Waals surface area (Å²) in [7, 11) is 1.56. The largest absolute Gasteiger partial charge is 0.496 e. The van der Waals surface area contributed by atoms with E-state index < -0.39 is 0 Å². The molecule has 0 unspecified atom stereocenters. The molecule has 0 saturated carbocycles. The minimum Gasteiger partial charge on any atom is -0.496 e. The van der Waals surface area contributed by atoms with Crippen LogP contribution in [0.2, 0.25) is 0 Å². The van der Waals surface area contributed by atoms with Crippen molar-refractivity contribution in [2.75, 3.05) is 32.1 Å². The Morgan fingerprint density at radius 3 is 2.79 bits per heavy atom. The molecule has 1 N–H and O–H groups in total. The van der Waals surface area contributed by atoms with Gasteiger partial charge in [0, 0.05) is 36.0 Å². The molecule has 0 spiro atoms. The number of methoxy groups -OCH3 is 1. The number of anilines is 1. The van der Waals surface area contributed by atoms with Crippen LogP contribution in [0, 0.1) is 6.92 Å². The molecule has 1 aliphatic heterocycles. The average molecular weight is 572 g/mol. The zero-order valence-electron chi connectivity index (χ0n) is 21.4. The minimum atomic E-state index is -0.255. The third-order valence-electron chi connectivity index (χ3n) is 6.25. The van der Waals surface area contributed by atoms with Gasteiger partial charge in [-0.25, -0.2) is 9.36 Å². The molecule has 0 bridgehead atoms. The van der Waals surface area contributed by atoms with Crippen LogP contribution in [-0.2, 0) is 4.79 Å². The topological polar surface area (TPSA) is 105 Å². The van der Waals surface area contributed by atoms with E-state index >= 15 is 0 Å². The van der Waals surface area contributed by atoms with Gasteiger partial charge in [-0.05, 0) is 55.1 Å². The minimum absolute atomic E-state index is 0.0760. The molecule has 9 nitrogen and oxygen atoms in total. The highest BCUT2D eigenvalue weighted by Crippen LogP contribution is 2.38. The number of thiazole rings is 1. The molecule has 4 rings (SSSR count). The fraction of sp³-hybridized carbons (Fsp3) is 0.346. The summed E-state index contributed by atoms with van der Waals surface area (Å²) in [4.78, 5) is 47.3. The molecular formula is C26H29N5O4S3. The lowest BCUT2D eigenvalue weighted by molar-refractivity contribution is -0.128. The van der Waals surface area contributed by atoms with E-state index in [4.69, 9.17) is 4.74 Å². The van der Waals surface area contributed by atoms with Gasteiger partial charge in [-0.15, -0.1) is 0 Å². The van der Waals surface area contributed by atoms with Crippen LogP contribution in [-0.4, -0.2) is 69.7 Å². The summed E-state index contributed by atoms with van der Waals surface area (Å²) in [6, 6.07) is 3.65. The Morgan fingerprint density at radius 2 is 2.11 bits per heavy atom. The third kappa shape index (κ3) is 6.25. The van der Waals surface area contributed by atoms with Gasteiger partial charge in [0.1, 0.15) is 5.75 Å². The van der Waals surface area contributed by atoms with Crippen molar-refractivity contribution in [2.24, 2.45) is 0 Å². The van der Waals surface area contributed by atoms with Gasteiger partial charge in [0.05, 0.1) is 34.8 Å². The van der Waals surface area contributed by atoms with Crippen molar-refractivity contribution in [3.05, 3.63) is 59.3 Å². The van der Waals surface area contributed by atoms with Crippen molar-refractivity contribution in [3.63, 3.8) is 0 Å². The average Bonchev–Trinajstić information content (AvgIpc) is 3.57. The number of amides is 3. The fourth-order valence-electron chi connectivity index (χ4n) is 4.24. The first-order chi connectivity index (χ1) is 18.3. The van der Waals surface area contributed by atoms with Gasteiger partial charge in [0.2, 0.25) is 5.91 Å². The van der Waals surface area contributed by atoms with Crippen LogP contribution in [0.1, 0.15) is 46.0 Å². The number of rotatable bonds is 8. The van der Waals surface area contributed by atoms with Crippen LogP contribution in [0.3, 0.4) is 0 Å². The van der Waals surface area contributed by atoms with E-state index in [-0.39, 0.29) is 23.8 Å². The van der Waals surface area contributed by atoms with E-state index in [9.17, 15) is 14.4 Å². The highest BCUT2D eigenvalue weighted by atomic mass is 32.2. The van der Waals surface area contributed by atoms with Gasteiger partial charge in [0.15, 0.2) is 5.13 Å². The Kier molecular flexibility index (Phi) is 9.18. The number of aromatic nitrogens is 2. The second-order valence-electron chi connectivity index (χ2n) is 8.67. The lowest BCUT2D eigenvalue weighted by Gasteiger charge is -2.30. The standard InChI is InChI=1S/C26H29N5O4S3/c1-5-18-14-30(8-7-9-31(18)22(32)6-2)25(34)19-11-21(16(3)10-20(19)35-4)37-23-13-27-26(38-23)29-24(33)17-12-28-36-15-17/h6,10-13,15,18H,2,5,7-9,14H2,1,3-4H3,(H,27,29,33)/t18-/m1/s1. The molecule has 1 fully saturated rings. The summed E-state index contributed by atoms with van der Waals surface area (Å²) in [6.07, 6.45) is 5.98. The van der Waals surface area contributed by atoms with Gasteiger partial charge >= 0.3 is 0 Å². The molecule has 0 radical (unpaired) electrons. The SMILES string of the molecule is C=CC(=O)N1CCCN(C(=O)c2cc(Sc3cnc(NC(=O)c4cnsc4)s3)c(C)cc2OC)C[C@H]1CC. The summed E-state index contributed by atoms with van der Waals surface area (Å²) < 4.78 is 10.4. The Labute approximate surface area is 234 Å². The summed E-state index contributed by atoms with van der Waals surface area (Å²) in [6.45, 7) is 9.19. The second-order valence-corrected chi connectivity index (χ2v) is 11.7. The molecule has 3 aromatic rings. The molecule has 1 atom stereocenters. The van der Waals surface area contributed by atoms with Gasteiger partial charge in [-0.2, -0.15) is 0 Å². The lowest BCUT2D eigenvalue weighted by Crippen LogP contribution is -2.44. The van der Waals surface area contributed by atoms with Crippen LogP contribution in [0.4, 0.5) is 5.13 Å². The van der Waals surface area contributed by atoms with Crippen molar-refractivity contribution >= 4 is 57.5 Å². The van der Waals surface area contributed by atoms with Crippen molar-refractivity contribution in [2.45, 2.75) is 41.8 Å². The summed E-state index contributed by atoms with van der Waals surface area (Å²) in [5.74, 6) is 0.0192. The molecular weight excluding hydrogens is 543 g/mol. The molecule has 1 aromatic carbocycles. The number of nitrogens with zero attached hydrogens (tertiary/aromatic N) is 4. The van der Waals surface area contributed by atoms with Crippen LogP contribution < -0.4 is 10.1 Å². The number of benzene rings is 1. The third-order valence-corrected chi connectivity index (χ3v) is 9.01. The number of hydrogen-bond donors (Lipinski definition) is 1. The van der Waals surface area contributed by atoms with E-state index in [0.29, 0.717) is 48.1 Å². The number of carbonyl (C=O) groups is 3. The van der Waals surface area contributed by atoms with Crippen LogP contribution in [0.5, 0.6) is 5.75 Å². The zero-order valence-corrected chi connectivity index (χ0v) is 23.9. The second kappa shape index (κ2) is 12.5. The smallest absolute Gasteiger partial charge is 0.259 e. The molecule has 2 aromatic heterocycles. The van der Waals surface area contributed by atoms with Crippen molar-refractivity contribution in [1.82, 2.24) is 19.2 Å². The molecule has 1 saturated heterocycles. The fourth-order valence-corrected chi connectivity index (χ4v) is 6.69. The van der Waals surface area contributed by atoms with E-state index in [1.165, 1.54) is 46.9 Å². The number of carbonyl (C=O) groups excluding carboxylic acids is 3. The van der Waals surface area contributed by atoms with Crippen LogP contribution in [0.15, 0.2) is 51.7 Å². The number of nitrogens with one attached hydrogen (secondary N) is 1. The highest BCUT2D eigenvalue weighted by Gasteiger charge is 2.30. The molecule has 200 valence electrons. The summed E-state index contributed by atoms with van der Waals surface area (Å²) in [5, 5.41) is 4.96. The quantitative estimate of drug-likeness (QED) is 0.381. The first kappa shape index (κ1) is 27.8. The van der Waals surface area contributed by atoms with E-state index in [2.05, 4.69) is 21.3 Å². The number of hydrogen-bond acceptors (Lipinski definition) is 9. The van der Waals surface area contributed by atoms with Crippen LogP contribution in [0.25, 0.3) is 0 Å². The number of ether oxygens (including phenoxy) is 1. The monoisotopic (exact) mass is 571 g/mol. The molecule has 12 heteroatoms. The van der Waals surface area contributed by atoms with Gasteiger partial charge < -0.3 is 14.5 Å². The molecule has 38 heavy (non-hydrogen) atoms. The van der Waals surface area contributed by atoms with E-state index in [0.717, 1.165) is 21.1 Å². The molecule has 3 amide bonds. The van der Waals surface area contributed by atoms with Gasteiger partial charge in [-0.1, -0.05) is 36.6 Å². The van der Waals surface area contributed by atoms with Crippen molar-refractivity contribution in [1.29, 1.82) is 0 Å². The maximum Gasteiger partial charge on any atom is 0.259 e. The molecule has 1 aliphatic rings. The summed E-state index contributed by atoms with van der Waals surface area (Å²) >= 11 is 4.05. The normalized spacial score (nSPS) is 15.6. The van der Waals surface area contributed by atoms with Crippen molar-refractivity contribution in [3.8, 4) is 5.75 Å². The maximum absolute atomic E-state index is 13.7. The Morgan fingerprint density at radius 1 is 1.29 bits per heavy atom. The number of aryl methyl sites for hydroxylation is 1. The Bertz CT molecular complexity index is 1320. The maximum atomic E-state index is 13.7. The van der Waals surface area contributed by atoms with E-state index in [1.807, 2.05) is 35.8 Å². The van der Waals surface area contributed by atoms with Crippen LogP contribution >= 0.6 is 34.6 Å². The molecule has 3 heterocycles. The highest BCUT2D eigenvalue weighted by molar-refractivity contribution is 8.01. The van der Waals surface area contributed by atoms with Crippen molar-refractivity contribution < 1.29 is 19.1 Å². The summed E-state index contributed by atoms with van der Waals surface area (Å²) in [5.41, 5.74) is 1.92. The predicted octanol–water partition coefficient (Wildman–Crippen LogP) is 4.96. The Hall–Kier alpha value is -3.22. The first-order valence-electron chi connectivity index (χ1n) is 12.1. The first-order valence-corrected chi connectivity index (χ1v) is 14.6. The zero-order chi connectivity index (χ0) is 27.2. The predicted molar refractivity (Wildman–Crippen MR) is 151 cm³/mol. The lowest BCUT2D eigenvalue weighted by atomic mass is 10.1. The van der Waals surface area contributed by atoms with Gasteiger partial charge in [0.25, 0.3) is 11.8 Å². The Balaban J connectivity index is 1.53.